The molecular weight excluding hydrogens is 342 g/mol. The van der Waals surface area contributed by atoms with E-state index in [4.69, 9.17) is 0 Å². The van der Waals surface area contributed by atoms with Gasteiger partial charge in [0.25, 0.3) is 11.1 Å². The molecule has 4 rings (SSSR count). The average Bonchev–Trinajstić information content (AvgIpc) is 2.67. The van der Waals surface area contributed by atoms with Crippen molar-refractivity contribution in [1.29, 1.82) is 0 Å². The van der Waals surface area contributed by atoms with Crippen LogP contribution in [0.4, 0.5) is 0 Å². The lowest BCUT2D eigenvalue weighted by atomic mass is 10.2. The average molecular weight is 361 g/mol. The van der Waals surface area contributed by atoms with Crippen LogP contribution in [-0.4, -0.2) is 31.9 Å². The highest BCUT2D eigenvalue weighted by Gasteiger charge is 2.17. The largest absolute Gasteiger partial charge is 0.309 e. The lowest BCUT2D eigenvalue weighted by molar-refractivity contribution is 0.238. The number of fused-ring (bicyclic) bond motifs is 2. The summed E-state index contributed by atoms with van der Waals surface area (Å²) < 4.78 is 0. The molecule has 0 saturated carbocycles. The Balaban J connectivity index is 1.64. The van der Waals surface area contributed by atoms with E-state index in [1.54, 1.807) is 12.1 Å². The second-order valence-electron chi connectivity index (χ2n) is 6.59. The van der Waals surface area contributed by atoms with Gasteiger partial charge >= 0.3 is 0 Å². The minimum absolute atomic E-state index is 0.158. The van der Waals surface area contributed by atoms with Gasteiger partial charge in [-0.15, -0.1) is 0 Å². The van der Waals surface area contributed by atoms with E-state index in [-0.39, 0.29) is 17.2 Å². The number of hydrogen-bond donors (Lipinski definition) is 2. The Kier molecular flexibility index (Phi) is 4.29. The zero-order valence-electron chi connectivity index (χ0n) is 15.1. The molecule has 2 N–H and O–H groups in total. The second-order valence-corrected chi connectivity index (χ2v) is 6.59. The van der Waals surface area contributed by atoms with Crippen LogP contribution in [0.25, 0.3) is 21.8 Å². The van der Waals surface area contributed by atoms with Crippen molar-refractivity contribution in [3.8, 4) is 0 Å². The Hall–Kier alpha value is -3.32. The van der Waals surface area contributed by atoms with E-state index in [2.05, 4.69) is 19.9 Å². The molecule has 0 fully saturated rings. The number of nitrogens with zero attached hydrogens (tertiary/aromatic N) is 3. The maximum absolute atomic E-state index is 12.3. The summed E-state index contributed by atoms with van der Waals surface area (Å²) in [7, 11) is 1.90. The summed E-state index contributed by atoms with van der Waals surface area (Å²) in [5.41, 5.74) is 1.00. The van der Waals surface area contributed by atoms with E-state index in [1.165, 1.54) is 0 Å². The first-order valence-corrected chi connectivity index (χ1v) is 8.70. The molecule has 0 aliphatic heterocycles. The van der Waals surface area contributed by atoms with Gasteiger partial charge in [0.05, 0.1) is 34.4 Å². The lowest BCUT2D eigenvalue weighted by Gasteiger charge is -2.23. The predicted molar refractivity (Wildman–Crippen MR) is 105 cm³/mol. The van der Waals surface area contributed by atoms with Gasteiger partial charge in [0.1, 0.15) is 11.6 Å². The molecule has 2 heterocycles. The van der Waals surface area contributed by atoms with Gasteiger partial charge in [0, 0.05) is 0 Å². The van der Waals surface area contributed by atoms with Crippen molar-refractivity contribution < 1.29 is 0 Å². The number of para-hydroxylation sites is 2. The van der Waals surface area contributed by atoms with Crippen molar-refractivity contribution in [2.75, 3.05) is 7.05 Å². The van der Waals surface area contributed by atoms with Crippen LogP contribution < -0.4 is 11.1 Å². The molecule has 1 unspecified atom stereocenters. The molecule has 0 amide bonds. The maximum Gasteiger partial charge on any atom is 0.258 e. The summed E-state index contributed by atoms with van der Waals surface area (Å²) in [4.78, 5) is 41.3. The summed E-state index contributed by atoms with van der Waals surface area (Å²) in [5, 5.41) is 1.13. The normalized spacial score (nSPS) is 12.7. The Bertz CT molecular complexity index is 1240. The highest BCUT2D eigenvalue weighted by Crippen LogP contribution is 2.17. The molecular formula is C20H19N5O2. The summed E-state index contributed by atoms with van der Waals surface area (Å²) >= 11 is 0. The highest BCUT2D eigenvalue weighted by molar-refractivity contribution is 5.77. The summed E-state index contributed by atoms with van der Waals surface area (Å²) in [5.74, 6) is 1.14. The number of nitrogens with one attached hydrogen (secondary N) is 2. The quantitative estimate of drug-likeness (QED) is 0.582. The SMILES string of the molecule is CC(c1nc2ccccc2c(=O)[nH]1)N(C)Cc1nc2ccccc2c(=O)[nH]1. The first kappa shape index (κ1) is 17.1. The van der Waals surface area contributed by atoms with Crippen molar-refractivity contribution in [2.45, 2.75) is 19.5 Å². The van der Waals surface area contributed by atoms with Gasteiger partial charge in [0.15, 0.2) is 0 Å². The fourth-order valence-electron chi connectivity index (χ4n) is 3.09. The molecule has 2 aromatic heterocycles. The summed E-state index contributed by atoms with van der Waals surface area (Å²) in [6, 6.07) is 14.3. The van der Waals surface area contributed by atoms with Crippen LogP contribution in [0.15, 0.2) is 58.1 Å². The Labute approximate surface area is 154 Å². The molecule has 0 bridgehead atoms. The van der Waals surface area contributed by atoms with Crippen molar-refractivity contribution in [1.82, 2.24) is 24.8 Å². The van der Waals surface area contributed by atoms with E-state index in [9.17, 15) is 9.59 Å². The molecule has 1 atom stereocenters. The van der Waals surface area contributed by atoms with Crippen molar-refractivity contribution >= 4 is 21.8 Å². The molecule has 7 heteroatoms. The van der Waals surface area contributed by atoms with Gasteiger partial charge in [-0.3, -0.25) is 14.5 Å². The monoisotopic (exact) mass is 361 g/mol. The molecule has 0 saturated heterocycles. The number of aromatic amines is 2. The minimum atomic E-state index is -0.168. The fraction of sp³-hybridized carbons (Fsp3) is 0.200. The first-order valence-electron chi connectivity index (χ1n) is 8.70. The second kappa shape index (κ2) is 6.77. The molecule has 0 aliphatic carbocycles. The molecule has 7 nitrogen and oxygen atoms in total. The Morgan fingerprint density at radius 2 is 1.44 bits per heavy atom. The standard InChI is InChI=1S/C20H19N5O2/c1-12(18-22-16-10-6-4-8-14(16)20(27)24-18)25(2)11-17-21-15-9-5-3-7-13(15)19(26)23-17/h3-10,12H,11H2,1-2H3,(H,21,23,26)(H,22,24,27). The lowest BCUT2D eigenvalue weighted by Crippen LogP contribution is -2.27. The third kappa shape index (κ3) is 3.24. The number of hydrogen-bond acceptors (Lipinski definition) is 5. The topological polar surface area (TPSA) is 94.7 Å². The Morgan fingerprint density at radius 3 is 2.11 bits per heavy atom. The molecule has 2 aromatic carbocycles. The van der Waals surface area contributed by atoms with Crippen LogP contribution in [0, 0.1) is 0 Å². The molecule has 136 valence electrons. The molecule has 0 aliphatic rings. The van der Waals surface area contributed by atoms with Crippen LogP contribution in [0.1, 0.15) is 24.6 Å². The molecule has 27 heavy (non-hydrogen) atoms. The molecule has 0 radical (unpaired) electrons. The van der Waals surface area contributed by atoms with Gasteiger partial charge in [-0.25, -0.2) is 9.97 Å². The van der Waals surface area contributed by atoms with E-state index in [1.807, 2.05) is 55.3 Å². The first-order chi connectivity index (χ1) is 13.0. The van der Waals surface area contributed by atoms with Gasteiger partial charge in [-0.1, -0.05) is 24.3 Å². The summed E-state index contributed by atoms with van der Waals surface area (Å²) in [6.45, 7) is 2.37. The Morgan fingerprint density at radius 1 is 0.889 bits per heavy atom. The number of benzene rings is 2. The van der Waals surface area contributed by atoms with Crippen LogP contribution in [0.3, 0.4) is 0 Å². The van der Waals surface area contributed by atoms with E-state index >= 15 is 0 Å². The van der Waals surface area contributed by atoms with Crippen molar-refractivity contribution in [2.24, 2.45) is 0 Å². The van der Waals surface area contributed by atoms with E-state index in [0.29, 0.717) is 40.0 Å². The van der Waals surface area contributed by atoms with Crippen LogP contribution >= 0.6 is 0 Å². The van der Waals surface area contributed by atoms with Crippen molar-refractivity contribution in [3.63, 3.8) is 0 Å². The van der Waals surface area contributed by atoms with E-state index < -0.39 is 0 Å². The van der Waals surface area contributed by atoms with Crippen LogP contribution in [-0.2, 0) is 6.54 Å². The maximum atomic E-state index is 12.3. The molecule has 0 spiro atoms. The number of aromatic nitrogens is 4. The minimum Gasteiger partial charge on any atom is -0.309 e. The van der Waals surface area contributed by atoms with Gasteiger partial charge < -0.3 is 9.97 Å². The zero-order valence-corrected chi connectivity index (χ0v) is 15.1. The fourth-order valence-corrected chi connectivity index (χ4v) is 3.09. The smallest absolute Gasteiger partial charge is 0.258 e. The predicted octanol–water partition coefficient (Wildman–Crippen LogP) is 2.35. The van der Waals surface area contributed by atoms with Gasteiger partial charge in [0.2, 0.25) is 0 Å². The van der Waals surface area contributed by atoms with Crippen molar-refractivity contribution in [3.05, 3.63) is 80.9 Å². The number of rotatable bonds is 4. The third-order valence-electron chi connectivity index (χ3n) is 4.75. The van der Waals surface area contributed by atoms with Gasteiger partial charge in [-0.05, 0) is 38.2 Å². The van der Waals surface area contributed by atoms with Crippen LogP contribution in [0.5, 0.6) is 0 Å². The van der Waals surface area contributed by atoms with E-state index in [0.717, 1.165) is 0 Å². The molecule has 4 aromatic rings. The summed E-state index contributed by atoms with van der Waals surface area (Å²) in [6.07, 6.45) is 0. The zero-order chi connectivity index (χ0) is 19.0. The van der Waals surface area contributed by atoms with Crippen LogP contribution in [0.2, 0.25) is 0 Å². The number of H-pyrrole nitrogens is 2. The third-order valence-corrected chi connectivity index (χ3v) is 4.75. The van der Waals surface area contributed by atoms with Gasteiger partial charge in [-0.2, -0.15) is 0 Å². The highest BCUT2D eigenvalue weighted by atomic mass is 16.1.